The molecule has 1 nitrogen and oxygen atoms in total. The maximum Gasteiger partial charge on any atom is 0.187 e. The molecule has 70 valence electrons. The number of aromatic hydroxyl groups is 1. The number of phenolic OH excluding ortho intramolecular Hbond substituents is 1. The Morgan fingerprint density at radius 3 is 1.93 bits per heavy atom. The van der Waals surface area contributed by atoms with Crippen LogP contribution in [0.4, 0.5) is 0 Å². The van der Waals surface area contributed by atoms with E-state index >= 15 is 0 Å². The second-order valence-electron chi connectivity index (χ2n) is 2.88. The zero-order valence-corrected chi connectivity index (χ0v) is 7.14. The summed E-state index contributed by atoms with van der Waals surface area (Å²) in [5.74, 6) is 0.328. The lowest BCUT2D eigenvalue weighted by Crippen LogP contribution is -1.76. The standard InChI is InChI=1S/C12H10O.Al.3H/c13-12-9-5-4-8-11(12)10-6-2-1-3-7-10;;;;/h1-9,13H;;;;. The number of hydrogen-bond donors (Lipinski definition) is 1. The summed E-state index contributed by atoms with van der Waals surface area (Å²) in [4.78, 5) is 0. The number of hydrogen-bond acceptors (Lipinski definition) is 1. The van der Waals surface area contributed by atoms with Crippen molar-refractivity contribution >= 4 is 17.4 Å². The normalized spacial score (nSPS) is 9.14. The van der Waals surface area contributed by atoms with Gasteiger partial charge in [0.15, 0.2) is 17.4 Å². The minimum Gasteiger partial charge on any atom is -0.507 e. The van der Waals surface area contributed by atoms with Gasteiger partial charge in [-0.25, -0.2) is 0 Å². The topological polar surface area (TPSA) is 20.2 Å². The van der Waals surface area contributed by atoms with Crippen molar-refractivity contribution in [1.82, 2.24) is 0 Å². The maximum absolute atomic E-state index is 9.56. The van der Waals surface area contributed by atoms with Crippen molar-refractivity contribution in [3.8, 4) is 16.9 Å². The van der Waals surface area contributed by atoms with Gasteiger partial charge in [-0.1, -0.05) is 48.5 Å². The van der Waals surface area contributed by atoms with Crippen LogP contribution in [0.25, 0.3) is 11.1 Å². The third-order valence-corrected chi connectivity index (χ3v) is 1.99. The van der Waals surface area contributed by atoms with E-state index in [9.17, 15) is 5.11 Å². The van der Waals surface area contributed by atoms with E-state index in [0.717, 1.165) is 11.1 Å². The highest BCUT2D eigenvalue weighted by Gasteiger charge is 2.00. The minimum absolute atomic E-state index is 0. The van der Waals surface area contributed by atoms with Crippen LogP contribution in [0.2, 0.25) is 0 Å². The van der Waals surface area contributed by atoms with Crippen LogP contribution in [0.1, 0.15) is 0 Å². The molecule has 2 aromatic carbocycles. The van der Waals surface area contributed by atoms with Crippen molar-refractivity contribution in [2.75, 3.05) is 0 Å². The lowest BCUT2D eigenvalue weighted by atomic mass is 10.1. The molecule has 0 aliphatic heterocycles. The van der Waals surface area contributed by atoms with Crippen molar-refractivity contribution in [3.63, 3.8) is 0 Å². The lowest BCUT2D eigenvalue weighted by Gasteiger charge is -2.02. The summed E-state index contributed by atoms with van der Waals surface area (Å²) in [7, 11) is 0. The van der Waals surface area contributed by atoms with E-state index in [-0.39, 0.29) is 17.4 Å². The summed E-state index contributed by atoms with van der Waals surface area (Å²) in [6, 6.07) is 17.2. The van der Waals surface area contributed by atoms with Crippen LogP contribution in [-0.2, 0) is 0 Å². The average Bonchev–Trinajstić information content (AvgIpc) is 2.20. The lowest BCUT2D eigenvalue weighted by molar-refractivity contribution is 0.477. The van der Waals surface area contributed by atoms with Crippen LogP contribution >= 0.6 is 0 Å². The maximum atomic E-state index is 9.56. The molecule has 0 aliphatic rings. The highest BCUT2D eigenvalue weighted by Crippen LogP contribution is 2.27. The zero-order chi connectivity index (χ0) is 9.10. The Bertz CT molecular complexity index is 398. The highest BCUT2D eigenvalue weighted by atomic mass is 27.0. The molecular weight excluding hydrogens is 187 g/mol. The first kappa shape index (κ1) is 10.9. The Hall–Kier alpha value is -1.23. The summed E-state index contributed by atoms with van der Waals surface area (Å²) in [5, 5.41) is 9.56. The van der Waals surface area contributed by atoms with E-state index in [1.54, 1.807) is 6.07 Å². The second-order valence-corrected chi connectivity index (χ2v) is 2.88. The van der Waals surface area contributed by atoms with E-state index < -0.39 is 0 Å². The number of para-hydroxylation sites is 1. The van der Waals surface area contributed by atoms with Crippen molar-refractivity contribution in [3.05, 3.63) is 54.6 Å². The molecule has 0 amide bonds. The van der Waals surface area contributed by atoms with Gasteiger partial charge in [-0.2, -0.15) is 0 Å². The van der Waals surface area contributed by atoms with E-state index in [1.807, 2.05) is 48.5 Å². The van der Waals surface area contributed by atoms with Gasteiger partial charge in [0.05, 0.1) is 0 Å². The summed E-state index contributed by atoms with van der Waals surface area (Å²) in [6.07, 6.45) is 0. The van der Waals surface area contributed by atoms with Gasteiger partial charge >= 0.3 is 0 Å². The van der Waals surface area contributed by atoms with Crippen LogP contribution in [0, 0.1) is 0 Å². The molecule has 0 fully saturated rings. The Balaban J connectivity index is 0.000000980. The van der Waals surface area contributed by atoms with Crippen LogP contribution < -0.4 is 0 Å². The third-order valence-electron chi connectivity index (χ3n) is 1.99. The quantitative estimate of drug-likeness (QED) is 0.697. The van der Waals surface area contributed by atoms with Gasteiger partial charge in [0.25, 0.3) is 0 Å². The number of rotatable bonds is 1. The number of benzene rings is 2. The van der Waals surface area contributed by atoms with Crippen molar-refractivity contribution < 1.29 is 5.11 Å². The SMILES string of the molecule is Oc1ccccc1-c1ccccc1.[AlH3]. The molecule has 0 bridgehead atoms. The molecule has 0 aromatic heterocycles. The second kappa shape index (κ2) is 4.86. The highest BCUT2D eigenvalue weighted by molar-refractivity contribution is 5.75. The molecule has 0 saturated heterocycles. The molecule has 0 unspecified atom stereocenters. The smallest absolute Gasteiger partial charge is 0.187 e. The molecule has 2 heteroatoms. The van der Waals surface area contributed by atoms with Gasteiger partial charge < -0.3 is 5.11 Å². The van der Waals surface area contributed by atoms with Crippen molar-refractivity contribution in [2.24, 2.45) is 0 Å². The van der Waals surface area contributed by atoms with Crippen LogP contribution in [0.5, 0.6) is 5.75 Å². The molecule has 0 atom stereocenters. The molecule has 0 radical (unpaired) electrons. The molecule has 0 heterocycles. The fraction of sp³-hybridized carbons (Fsp3) is 0. The fourth-order valence-electron chi connectivity index (χ4n) is 1.34. The van der Waals surface area contributed by atoms with Crippen molar-refractivity contribution in [1.29, 1.82) is 0 Å². The Kier molecular flexibility index (Phi) is 3.76. The van der Waals surface area contributed by atoms with E-state index in [2.05, 4.69) is 0 Å². The first-order valence-electron chi connectivity index (χ1n) is 4.21. The summed E-state index contributed by atoms with van der Waals surface area (Å²) >= 11 is 0. The molecule has 2 rings (SSSR count). The molecular formula is C12H13AlO. The minimum atomic E-state index is 0. The van der Waals surface area contributed by atoms with Gasteiger partial charge in [0.2, 0.25) is 0 Å². The molecule has 0 spiro atoms. The fourth-order valence-corrected chi connectivity index (χ4v) is 1.34. The average molecular weight is 200 g/mol. The monoisotopic (exact) mass is 200 g/mol. The van der Waals surface area contributed by atoms with Gasteiger partial charge in [-0.3, -0.25) is 0 Å². The third kappa shape index (κ3) is 2.17. The zero-order valence-electron chi connectivity index (χ0n) is 7.14. The van der Waals surface area contributed by atoms with Gasteiger partial charge in [0.1, 0.15) is 5.75 Å². The molecule has 0 aliphatic carbocycles. The Labute approximate surface area is 94.2 Å². The molecule has 14 heavy (non-hydrogen) atoms. The first-order chi connectivity index (χ1) is 6.38. The first-order valence-corrected chi connectivity index (χ1v) is 4.21. The summed E-state index contributed by atoms with van der Waals surface area (Å²) in [5.41, 5.74) is 1.92. The van der Waals surface area contributed by atoms with Crippen LogP contribution in [0.15, 0.2) is 54.6 Å². The Morgan fingerprint density at radius 1 is 0.714 bits per heavy atom. The van der Waals surface area contributed by atoms with Gasteiger partial charge in [-0.05, 0) is 11.6 Å². The van der Waals surface area contributed by atoms with E-state index in [4.69, 9.17) is 0 Å². The summed E-state index contributed by atoms with van der Waals surface area (Å²) in [6.45, 7) is 0. The largest absolute Gasteiger partial charge is 0.507 e. The van der Waals surface area contributed by atoms with E-state index in [0.29, 0.717) is 5.75 Å². The number of phenols is 1. The van der Waals surface area contributed by atoms with Crippen LogP contribution in [0.3, 0.4) is 0 Å². The molecule has 2 aromatic rings. The Morgan fingerprint density at radius 2 is 1.29 bits per heavy atom. The predicted molar refractivity (Wildman–Crippen MR) is 63.5 cm³/mol. The van der Waals surface area contributed by atoms with Gasteiger partial charge in [0, 0.05) is 5.56 Å². The van der Waals surface area contributed by atoms with Crippen molar-refractivity contribution in [2.45, 2.75) is 0 Å². The summed E-state index contributed by atoms with van der Waals surface area (Å²) < 4.78 is 0. The molecule has 1 N–H and O–H groups in total. The van der Waals surface area contributed by atoms with Crippen LogP contribution in [-0.4, -0.2) is 22.5 Å². The predicted octanol–water partition coefficient (Wildman–Crippen LogP) is 1.88. The van der Waals surface area contributed by atoms with E-state index in [1.165, 1.54) is 0 Å². The van der Waals surface area contributed by atoms with Gasteiger partial charge in [-0.15, -0.1) is 0 Å². The molecule has 0 saturated carbocycles.